The van der Waals surface area contributed by atoms with E-state index >= 15 is 0 Å². The Hall–Kier alpha value is -1.38. The van der Waals surface area contributed by atoms with Crippen LogP contribution in [0.15, 0.2) is 4.99 Å². The van der Waals surface area contributed by atoms with E-state index in [2.05, 4.69) is 4.99 Å². The highest BCUT2D eigenvalue weighted by Crippen LogP contribution is 2.13. The Balaban J connectivity index is 0. The summed E-state index contributed by atoms with van der Waals surface area (Å²) in [6.45, 7) is 1.60. The van der Waals surface area contributed by atoms with Gasteiger partial charge in [0.25, 0.3) is 0 Å². The lowest BCUT2D eigenvalue weighted by Gasteiger charge is -2.24. The predicted molar refractivity (Wildman–Crippen MR) is 70.4 cm³/mol. The average Bonchev–Trinajstić information content (AvgIpc) is 2.22. The molecule has 0 amide bonds. The lowest BCUT2D eigenvalue weighted by atomic mass is 9.86. The number of hydrogen-bond acceptors (Lipinski definition) is 5. The number of hydrogen-bond donors (Lipinski definition) is 5. The Labute approximate surface area is 111 Å². The Kier molecular flexibility index (Phi) is 8.28. The number of aliphatic carboxylic acids is 1. The molecule has 0 aliphatic heterocycles. The highest BCUT2D eigenvalue weighted by atomic mass is 35.5. The summed E-state index contributed by atoms with van der Waals surface area (Å²) in [6, 6.07) is -0.931. The van der Waals surface area contributed by atoms with E-state index < -0.39 is 23.3 Å². The van der Waals surface area contributed by atoms with Gasteiger partial charge in [0.15, 0.2) is 17.3 Å². The number of carbonyl (C=O) groups excluding carboxylic acids is 1. The number of carboxylic acid groups (broad SMARTS) is 1. The Morgan fingerprint density at radius 1 is 1.39 bits per heavy atom. The van der Waals surface area contributed by atoms with Crippen LogP contribution < -0.4 is 22.9 Å². The van der Waals surface area contributed by atoms with Crippen molar-refractivity contribution in [2.45, 2.75) is 31.3 Å². The van der Waals surface area contributed by atoms with Gasteiger partial charge in [-0.3, -0.25) is 9.79 Å². The van der Waals surface area contributed by atoms with Gasteiger partial charge in [-0.1, -0.05) is 0 Å². The van der Waals surface area contributed by atoms with Gasteiger partial charge in [0.1, 0.15) is 0 Å². The number of Topliss-reactive ketones (excluding diaryl/α,β-unsaturated/α-hetero) is 1. The quantitative estimate of drug-likeness (QED) is 0.158. The van der Waals surface area contributed by atoms with Crippen LogP contribution in [-0.2, 0) is 9.59 Å². The largest absolute Gasteiger partial charge is 0.480 e. The Morgan fingerprint density at radius 3 is 2.22 bits per heavy atom. The van der Waals surface area contributed by atoms with Crippen molar-refractivity contribution in [1.82, 2.24) is 0 Å². The van der Waals surface area contributed by atoms with Crippen molar-refractivity contribution in [3.05, 3.63) is 0 Å². The molecule has 2 atom stereocenters. The van der Waals surface area contributed by atoms with E-state index in [1.807, 2.05) is 0 Å². The van der Waals surface area contributed by atoms with Crippen molar-refractivity contribution in [2.75, 3.05) is 6.54 Å². The Bertz CT molecular complexity index is 330. The highest BCUT2D eigenvalue weighted by molar-refractivity contribution is 6.09. The van der Waals surface area contributed by atoms with Gasteiger partial charge in [-0.2, -0.15) is 0 Å². The summed E-state index contributed by atoms with van der Waals surface area (Å²) < 4.78 is 0. The molecular formula is C9H20ClN5O3. The molecule has 0 aliphatic rings. The fourth-order valence-corrected chi connectivity index (χ4v) is 1.31. The smallest absolute Gasteiger partial charge is 0.331 e. The van der Waals surface area contributed by atoms with E-state index in [-0.39, 0.29) is 37.8 Å². The van der Waals surface area contributed by atoms with Crippen molar-refractivity contribution in [1.29, 1.82) is 0 Å². The maximum absolute atomic E-state index is 11.6. The van der Waals surface area contributed by atoms with Crippen LogP contribution in [0.4, 0.5) is 0 Å². The number of ketones is 1. The maximum atomic E-state index is 11.6. The summed E-state index contributed by atoms with van der Waals surface area (Å²) >= 11 is 0. The standard InChI is InChI=1S/C9H19N5O3.ClH/c1-5(10)6(15)9(13,7(16)17)3-2-4-14-8(11)12;/h5H,2-4,10,13H2,1H3,(H,16,17)(H4,11,12,14);1H/t5-,9+;/m0./s1. The zero-order valence-electron chi connectivity index (χ0n) is 10.1. The summed E-state index contributed by atoms with van der Waals surface area (Å²) in [4.78, 5) is 26.3. The maximum Gasteiger partial charge on any atom is 0.331 e. The van der Waals surface area contributed by atoms with Gasteiger partial charge >= 0.3 is 5.97 Å². The van der Waals surface area contributed by atoms with E-state index in [9.17, 15) is 9.59 Å². The van der Waals surface area contributed by atoms with E-state index in [1.165, 1.54) is 6.92 Å². The fourth-order valence-electron chi connectivity index (χ4n) is 1.31. The molecule has 0 bridgehead atoms. The van der Waals surface area contributed by atoms with Crippen LogP contribution in [-0.4, -0.2) is 40.9 Å². The van der Waals surface area contributed by atoms with E-state index in [0.29, 0.717) is 0 Å². The third kappa shape index (κ3) is 5.30. The minimum atomic E-state index is -1.98. The molecule has 0 unspecified atom stereocenters. The molecule has 0 heterocycles. The first-order valence-electron chi connectivity index (χ1n) is 5.09. The van der Waals surface area contributed by atoms with Gasteiger partial charge in [0.05, 0.1) is 6.04 Å². The molecule has 8 nitrogen and oxygen atoms in total. The van der Waals surface area contributed by atoms with Gasteiger partial charge in [0, 0.05) is 6.54 Å². The monoisotopic (exact) mass is 281 g/mol. The molecule has 0 radical (unpaired) electrons. The number of halogens is 1. The molecule has 9 N–H and O–H groups in total. The summed E-state index contributed by atoms with van der Waals surface area (Å²) in [7, 11) is 0. The normalized spacial score (nSPS) is 14.8. The SMILES string of the molecule is C[C@H](N)C(=O)[C@](N)(CCCN=C(N)N)C(=O)O.Cl. The van der Waals surface area contributed by atoms with Crippen LogP contribution in [0.2, 0.25) is 0 Å². The summed E-state index contributed by atoms with van der Waals surface area (Å²) in [6.07, 6.45) is 0.207. The second-order valence-electron chi connectivity index (χ2n) is 3.84. The molecule has 0 aliphatic carbocycles. The number of aliphatic imine (C=N–C) groups is 1. The van der Waals surface area contributed by atoms with Crippen LogP contribution in [0.1, 0.15) is 19.8 Å². The Morgan fingerprint density at radius 2 is 1.89 bits per heavy atom. The van der Waals surface area contributed by atoms with E-state index in [1.54, 1.807) is 0 Å². The molecule has 0 aromatic rings. The van der Waals surface area contributed by atoms with Gasteiger partial charge < -0.3 is 28.0 Å². The number of carbonyl (C=O) groups is 2. The zero-order valence-corrected chi connectivity index (χ0v) is 10.9. The molecule has 18 heavy (non-hydrogen) atoms. The second-order valence-corrected chi connectivity index (χ2v) is 3.84. The van der Waals surface area contributed by atoms with Crippen LogP contribution >= 0.6 is 12.4 Å². The minimum Gasteiger partial charge on any atom is -0.480 e. The van der Waals surface area contributed by atoms with Crippen LogP contribution in [0.5, 0.6) is 0 Å². The van der Waals surface area contributed by atoms with Gasteiger partial charge in [0.2, 0.25) is 0 Å². The first-order valence-corrected chi connectivity index (χ1v) is 5.09. The van der Waals surface area contributed by atoms with E-state index in [0.717, 1.165) is 0 Å². The van der Waals surface area contributed by atoms with Crippen molar-refractivity contribution < 1.29 is 14.7 Å². The van der Waals surface area contributed by atoms with Gasteiger partial charge in [-0.15, -0.1) is 12.4 Å². The first-order chi connectivity index (χ1) is 7.71. The molecule has 9 heteroatoms. The molecular weight excluding hydrogens is 262 g/mol. The predicted octanol–water partition coefficient (Wildman–Crippen LogP) is -1.84. The van der Waals surface area contributed by atoms with Gasteiger partial charge in [-0.05, 0) is 19.8 Å². The number of rotatable bonds is 7. The minimum absolute atomic E-state index is 0. The topological polar surface area (TPSA) is 171 Å². The van der Waals surface area contributed by atoms with Crippen LogP contribution in [0.3, 0.4) is 0 Å². The van der Waals surface area contributed by atoms with E-state index in [4.69, 9.17) is 28.0 Å². The van der Waals surface area contributed by atoms with Crippen molar-refractivity contribution in [3.63, 3.8) is 0 Å². The van der Waals surface area contributed by atoms with Crippen molar-refractivity contribution in [3.8, 4) is 0 Å². The zero-order chi connectivity index (χ0) is 13.6. The first kappa shape index (κ1) is 19.0. The second kappa shape index (κ2) is 7.85. The third-order valence-electron chi connectivity index (χ3n) is 2.26. The molecule has 0 saturated heterocycles. The summed E-state index contributed by atoms with van der Waals surface area (Å²) in [5.41, 5.74) is 19.1. The number of nitrogens with zero attached hydrogens (tertiary/aromatic N) is 1. The van der Waals surface area contributed by atoms with Crippen molar-refractivity contribution >= 4 is 30.1 Å². The number of carboxylic acids is 1. The van der Waals surface area contributed by atoms with Gasteiger partial charge in [-0.25, -0.2) is 4.79 Å². The number of nitrogens with two attached hydrogens (primary N) is 4. The molecule has 0 spiro atoms. The molecule has 0 aromatic heterocycles. The molecule has 0 saturated carbocycles. The molecule has 0 fully saturated rings. The fraction of sp³-hybridized carbons (Fsp3) is 0.667. The summed E-state index contributed by atoms with van der Waals surface area (Å²) in [5.74, 6) is -2.21. The molecule has 106 valence electrons. The van der Waals surface area contributed by atoms with Crippen LogP contribution in [0.25, 0.3) is 0 Å². The third-order valence-corrected chi connectivity index (χ3v) is 2.26. The summed E-state index contributed by atoms with van der Waals surface area (Å²) in [5, 5.41) is 8.97. The lowest BCUT2D eigenvalue weighted by Crippen LogP contribution is -2.59. The van der Waals surface area contributed by atoms with Crippen LogP contribution in [0, 0.1) is 0 Å². The highest BCUT2D eigenvalue weighted by Gasteiger charge is 2.42. The molecule has 0 aromatic carbocycles. The average molecular weight is 282 g/mol. The molecule has 0 rings (SSSR count). The lowest BCUT2D eigenvalue weighted by molar-refractivity contribution is -0.149. The van der Waals surface area contributed by atoms with Crippen molar-refractivity contribution in [2.24, 2.45) is 27.9 Å². The number of guanidine groups is 1.